The number of carbonyl (C=O) groups excluding carboxylic acids is 1. The monoisotopic (exact) mass is 367 g/mol. The molecule has 0 saturated carbocycles. The van der Waals surface area contributed by atoms with Gasteiger partial charge in [0.25, 0.3) is 5.91 Å². The summed E-state index contributed by atoms with van der Waals surface area (Å²) in [7, 11) is 3.37. The summed E-state index contributed by atoms with van der Waals surface area (Å²) < 4.78 is 6.01. The van der Waals surface area contributed by atoms with Crippen molar-refractivity contribution in [3.05, 3.63) is 63.1 Å². The highest BCUT2D eigenvalue weighted by molar-refractivity contribution is 9.10. The van der Waals surface area contributed by atoms with Crippen molar-refractivity contribution in [2.45, 2.75) is 6.54 Å². The van der Waals surface area contributed by atoms with Crippen LogP contribution in [0.5, 0.6) is 5.75 Å². The Morgan fingerprint density at radius 3 is 2.76 bits per heavy atom. The Hall–Kier alpha value is -1.52. The number of hydrogen-bond donors (Lipinski definition) is 0. The van der Waals surface area contributed by atoms with Gasteiger partial charge in [0.1, 0.15) is 5.75 Å². The molecule has 0 bridgehead atoms. The normalized spacial score (nSPS) is 10.3. The van der Waals surface area contributed by atoms with Crippen molar-refractivity contribution in [1.82, 2.24) is 4.90 Å². The fourth-order valence-electron chi connectivity index (χ4n) is 1.98. The molecule has 0 radical (unpaired) electrons. The first-order valence-electron chi connectivity index (χ1n) is 6.34. The van der Waals surface area contributed by atoms with Gasteiger partial charge in [-0.2, -0.15) is 0 Å². The average Bonchev–Trinajstić information content (AvgIpc) is 2.49. The second kappa shape index (κ2) is 6.96. The maximum atomic E-state index is 12.5. The fourth-order valence-corrected chi connectivity index (χ4v) is 2.54. The van der Waals surface area contributed by atoms with Crippen LogP contribution in [0.2, 0.25) is 5.02 Å². The number of ether oxygens (including phenoxy) is 1. The highest BCUT2D eigenvalue weighted by Crippen LogP contribution is 2.23. The summed E-state index contributed by atoms with van der Waals surface area (Å²) in [5.41, 5.74) is 1.48. The van der Waals surface area contributed by atoms with E-state index in [2.05, 4.69) is 15.9 Å². The molecule has 0 aliphatic carbocycles. The molecule has 0 atom stereocenters. The van der Waals surface area contributed by atoms with Crippen LogP contribution in [-0.4, -0.2) is 25.0 Å². The lowest BCUT2D eigenvalue weighted by Gasteiger charge is -2.18. The molecular weight excluding hydrogens is 354 g/mol. The van der Waals surface area contributed by atoms with Crippen LogP contribution in [0.1, 0.15) is 15.9 Å². The summed E-state index contributed by atoms with van der Waals surface area (Å²) in [6, 6.07) is 12.9. The van der Waals surface area contributed by atoms with Gasteiger partial charge in [-0.3, -0.25) is 4.79 Å². The summed E-state index contributed by atoms with van der Waals surface area (Å²) in [6.07, 6.45) is 0. The Bertz CT molecular complexity index is 660. The van der Waals surface area contributed by atoms with Crippen LogP contribution in [0.15, 0.2) is 46.9 Å². The lowest BCUT2D eigenvalue weighted by molar-refractivity contribution is 0.0785. The van der Waals surface area contributed by atoms with Crippen LogP contribution >= 0.6 is 27.5 Å². The third-order valence-electron chi connectivity index (χ3n) is 3.06. The van der Waals surface area contributed by atoms with Crippen LogP contribution in [0.3, 0.4) is 0 Å². The van der Waals surface area contributed by atoms with Gasteiger partial charge in [-0.25, -0.2) is 0 Å². The number of hydrogen-bond acceptors (Lipinski definition) is 2. The largest absolute Gasteiger partial charge is 0.497 e. The minimum atomic E-state index is -0.121. The first kappa shape index (κ1) is 15.9. The van der Waals surface area contributed by atoms with Gasteiger partial charge in [0.15, 0.2) is 0 Å². The SMILES string of the molecule is COc1cccc(CN(C)C(=O)c2cc(Br)ccc2Cl)c1. The molecule has 0 aromatic heterocycles. The summed E-state index contributed by atoms with van der Waals surface area (Å²) in [4.78, 5) is 14.1. The molecule has 2 aromatic rings. The van der Waals surface area contributed by atoms with Crippen LogP contribution in [0.4, 0.5) is 0 Å². The molecule has 0 spiro atoms. The summed E-state index contributed by atoms with van der Waals surface area (Å²) in [6.45, 7) is 0.485. The smallest absolute Gasteiger partial charge is 0.255 e. The van der Waals surface area contributed by atoms with Crippen molar-refractivity contribution >= 4 is 33.4 Å². The van der Waals surface area contributed by atoms with Gasteiger partial charge < -0.3 is 9.64 Å². The molecular formula is C16H15BrClNO2. The first-order chi connectivity index (χ1) is 10.0. The topological polar surface area (TPSA) is 29.5 Å². The maximum absolute atomic E-state index is 12.5. The number of rotatable bonds is 4. The van der Waals surface area contributed by atoms with Gasteiger partial charge in [-0.15, -0.1) is 0 Å². The molecule has 5 heteroatoms. The zero-order chi connectivity index (χ0) is 15.4. The number of amides is 1. The second-order valence-corrected chi connectivity index (χ2v) is 5.96. The van der Waals surface area contributed by atoms with Gasteiger partial charge in [-0.05, 0) is 35.9 Å². The minimum Gasteiger partial charge on any atom is -0.497 e. The number of halogens is 2. The van der Waals surface area contributed by atoms with Crippen molar-refractivity contribution in [3.63, 3.8) is 0 Å². The molecule has 110 valence electrons. The van der Waals surface area contributed by atoms with Crippen LogP contribution < -0.4 is 4.74 Å². The van der Waals surface area contributed by atoms with Gasteiger partial charge in [0, 0.05) is 18.1 Å². The predicted octanol–water partition coefficient (Wildman–Crippen LogP) is 4.38. The molecule has 0 aliphatic heterocycles. The zero-order valence-electron chi connectivity index (χ0n) is 11.8. The molecule has 2 rings (SSSR count). The molecule has 0 heterocycles. The van der Waals surface area contributed by atoms with Gasteiger partial charge >= 0.3 is 0 Å². The number of methoxy groups -OCH3 is 1. The standard InChI is InChI=1S/C16H15BrClNO2/c1-19(10-11-4-3-5-13(8-11)21-2)16(20)14-9-12(17)6-7-15(14)18/h3-9H,10H2,1-2H3. The van der Waals surface area contributed by atoms with Crippen LogP contribution in [0.25, 0.3) is 0 Å². The Kier molecular flexibility index (Phi) is 5.26. The van der Waals surface area contributed by atoms with E-state index in [0.717, 1.165) is 15.8 Å². The van der Waals surface area contributed by atoms with Crippen molar-refractivity contribution in [2.24, 2.45) is 0 Å². The van der Waals surface area contributed by atoms with Gasteiger partial charge in [0.05, 0.1) is 17.7 Å². The number of nitrogens with zero attached hydrogens (tertiary/aromatic N) is 1. The van der Waals surface area contributed by atoms with E-state index in [1.807, 2.05) is 24.3 Å². The third kappa shape index (κ3) is 3.99. The highest BCUT2D eigenvalue weighted by Gasteiger charge is 2.16. The Morgan fingerprint density at radius 1 is 1.29 bits per heavy atom. The van der Waals surface area contributed by atoms with Gasteiger partial charge in [0.2, 0.25) is 0 Å². The number of benzene rings is 2. The second-order valence-electron chi connectivity index (χ2n) is 4.64. The van der Waals surface area contributed by atoms with E-state index in [1.165, 1.54) is 0 Å². The minimum absolute atomic E-state index is 0.121. The lowest BCUT2D eigenvalue weighted by atomic mass is 10.1. The van der Waals surface area contributed by atoms with E-state index in [9.17, 15) is 4.79 Å². The first-order valence-corrected chi connectivity index (χ1v) is 7.52. The summed E-state index contributed by atoms with van der Waals surface area (Å²) in [5.74, 6) is 0.651. The van der Waals surface area contributed by atoms with E-state index < -0.39 is 0 Å². The Balaban J connectivity index is 2.17. The summed E-state index contributed by atoms with van der Waals surface area (Å²) in [5, 5.41) is 0.445. The Morgan fingerprint density at radius 2 is 2.05 bits per heavy atom. The van der Waals surface area contributed by atoms with Crippen LogP contribution in [0, 0.1) is 0 Å². The quantitative estimate of drug-likeness (QED) is 0.801. The van der Waals surface area contributed by atoms with E-state index in [-0.39, 0.29) is 5.91 Å². The molecule has 0 fully saturated rings. The highest BCUT2D eigenvalue weighted by atomic mass is 79.9. The van der Waals surface area contributed by atoms with Crippen molar-refractivity contribution in [2.75, 3.05) is 14.2 Å². The average molecular weight is 369 g/mol. The van der Waals surface area contributed by atoms with Crippen molar-refractivity contribution < 1.29 is 9.53 Å². The molecule has 0 N–H and O–H groups in total. The van der Waals surface area contributed by atoms with Crippen molar-refractivity contribution in [3.8, 4) is 5.75 Å². The van der Waals surface area contributed by atoms with E-state index in [0.29, 0.717) is 17.1 Å². The molecule has 1 amide bonds. The van der Waals surface area contributed by atoms with Crippen molar-refractivity contribution in [1.29, 1.82) is 0 Å². The summed E-state index contributed by atoms with van der Waals surface area (Å²) >= 11 is 9.45. The van der Waals surface area contributed by atoms with E-state index in [1.54, 1.807) is 37.3 Å². The van der Waals surface area contributed by atoms with E-state index >= 15 is 0 Å². The van der Waals surface area contributed by atoms with Gasteiger partial charge in [-0.1, -0.05) is 39.7 Å². The molecule has 0 unspecified atom stereocenters. The van der Waals surface area contributed by atoms with Crippen LogP contribution in [-0.2, 0) is 6.54 Å². The molecule has 2 aromatic carbocycles. The molecule has 0 aliphatic rings. The Labute approximate surface area is 137 Å². The third-order valence-corrected chi connectivity index (χ3v) is 3.88. The molecule has 21 heavy (non-hydrogen) atoms. The zero-order valence-corrected chi connectivity index (χ0v) is 14.1. The molecule has 3 nitrogen and oxygen atoms in total. The molecule has 0 saturated heterocycles. The fraction of sp³-hybridized carbons (Fsp3) is 0.188. The predicted molar refractivity (Wildman–Crippen MR) is 87.9 cm³/mol. The lowest BCUT2D eigenvalue weighted by Crippen LogP contribution is -2.26. The van der Waals surface area contributed by atoms with E-state index in [4.69, 9.17) is 16.3 Å². The number of carbonyl (C=O) groups is 1. The maximum Gasteiger partial charge on any atom is 0.255 e.